The SMILES string of the molecule is CCOC(=O)C1CCN(C(=NC)NCCc2ccc(-c3csc(C)n3)s2)CC1.I. The molecule has 1 saturated heterocycles. The third-order valence-electron chi connectivity index (χ3n) is 4.81. The van der Waals surface area contributed by atoms with Gasteiger partial charge in [-0.25, -0.2) is 4.98 Å². The largest absolute Gasteiger partial charge is 0.466 e. The lowest BCUT2D eigenvalue weighted by Gasteiger charge is -2.33. The number of hydrogen-bond donors (Lipinski definition) is 1. The molecular formula is C20H29IN4O2S2. The van der Waals surface area contributed by atoms with E-state index in [4.69, 9.17) is 4.74 Å². The van der Waals surface area contributed by atoms with Crippen molar-refractivity contribution in [3.63, 3.8) is 0 Å². The monoisotopic (exact) mass is 548 g/mol. The number of rotatable bonds is 6. The lowest BCUT2D eigenvalue weighted by Crippen LogP contribution is -2.47. The first-order valence-electron chi connectivity index (χ1n) is 9.74. The molecule has 0 aliphatic carbocycles. The van der Waals surface area contributed by atoms with Gasteiger partial charge in [0.05, 0.1) is 28.1 Å². The Morgan fingerprint density at radius 2 is 2.14 bits per heavy atom. The van der Waals surface area contributed by atoms with Crippen molar-refractivity contribution in [2.45, 2.75) is 33.1 Å². The molecule has 2 aromatic rings. The molecule has 0 spiro atoms. The fraction of sp³-hybridized carbons (Fsp3) is 0.550. The molecule has 0 unspecified atom stereocenters. The molecule has 1 aliphatic rings. The minimum absolute atomic E-state index is 0. The molecule has 3 heterocycles. The maximum Gasteiger partial charge on any atom is 0.309 e. The van der Waals surface area contributed by atoms with Gasteiger partial charge in [0.1, 0.15) is 0 Å². The first kappa shape index (κ1) is 24.1. The van der Waals surface area contributed by atoms with Crippen molar-refractivity contribution >= 4 is 58.6 Å². The lowest BCUT2D eigenvalue weighted by molar-refractivity contribution is -0.149. The minimum atomic E-state index is -0.0612. The molecule has 9 heteroatoms. The molecule has 0 amide bonds. The first-order valence-corrected chi connectivity index (χ1v) is 11.4. The standard InChI is InChI=1S/C20H28N4O2S2.HI/c1-4-26-19(25)15-8-11-24(12-9-15)20(21-3)22-10-7-16-5-6-18(28-16)17-13-27-14(2)23-17;/h5-6,13,15H,4,7-12H2,1-3H3,(H,21,22);1H. The van der Waals surface area contributed by atoms with E-state index in [-0.39, 0.29) is 35.9 Å². The molecule has 29 heavy (non-hydrogen) atoms. The molecule has 1 fully saturated rings. The Kier molecular flexibility index (Phi) is 9.84. The maximum atomic E-state index is 11.9. The predicted octanol–water partition coefficient (Wildman–Crippen LogP) is 4.19. The Balaban J connectivity index is 0.00000300. The second kappa shape index (κ2) is 11.8. The van der Waals surface area contributed by atoms with Gasteiger partial charge in [-0.2, -0.15) is 0 Å². The van der Waals surface area contributed by atoms with Crippen LogP contribution in [0.5, 0.6) is 0 Å². The van der Waals surface area contributed by atoms with Gasteiger partial charge in [-0.05, 0) is 45.2 Å². The third kappa shape index (κ3) is 6.65. The van der Waals surface area contributed by atoms with Crippen LogP contribution in [-0.4, -0.2) is 55.1 Å². The molecule has 1 N–H and O–H groups in total. The van der Waals surface area contributed by atoms with Gasteiger partial charge >= 0.3 is 5.97 Å². The minimum Gasteiger partial charge on any atom is -0.466 e. The van der Waals surface area contributed by atoms with Crippen LogP contribution in [0.2, 0.25) is 0 Å². The van der Waals surface area contributed by atoms with E-state index in [2.05, 4.69) is 37.7 Å². The summed E-state index contributed by atoms with van der Waals surface area (Å²) in [6.07, 6.45) is 2.59. The van der Waals surface area contributed by atoms with Gasteiger partial charge in [0.2, 0.25) is 0 Å². The van der Waals surface area contributed by atoms with Crippen LogP contribution in [-0.2, 0) is 16.0 Å². The molecule has 160 valence electrons. The summed E-state index contributed by atoms with van der Waals surface area (Å²) in [5, 5.41) is 6.68. The highest BCUT2D eigenvalue weighted by Gasteiger charge is 2.27. The average Bonchev–Trinajstić information content (AvgIpc) is 3.34. The highest BCUT2D eigenvalue weighted by atomic mass is 127. The van der Waals surface area contributed by atoms with Gasteiger partial charge in [0, 0.05) is 36.9 Å². The zero-order valence-corrected chi connectivity index (χ0v) is 21.1. The number of nitrogens with zero attached hydrogens (tertiary/aromatic N) is 3. The highest BCUT2D eigenvalue weighted by molar-refractivity contribution is 14.0. The van der Waals surface area contributed by atoms with Crippen LogP contribution in [0.4, 0.5) is 0 Å². The fourth-order valence-electron chi connectivity index (χ4n) is 3.34. The third-order valence-corrected chi connectivity index (χ3v) is 6.75. The summed E-state index contributed by atoms with van der Waals surface area (Å²) in [5.41, 5.74) is 1.08. The van der Waals surface area contributed by atoms with Crippen molar-refractivity contribution in [2.24, 2.45) is 10.9 Å². The van der Waals surface area contributed by atoms with Gasteiger partial charge in [0.25, 0.3) is 0 Å². The number of guanidine groups is 1. The number of thiazole rings is 1. The molecule has 0 bridgehead atoms. The fourth-order valence-corrected chi connectivity index (χ4v) is 5.00. The number of esters is 1. The van der Waals surface area contributed by atoms with Crippen LogP contribution in [0.25, 0.3) is 10.6 Å². The number of halogens is 1. The molecule has 3 rings (SSSR count). The number of nitrogens with one attached hydrogen (secondary N) is 1. The summed E-state index contributed by atoms with van der Waals surface area (Å²) in [6.45, 7) is 6.83. The van der Waals surface area contributed by atoms with Gasteiger partial charge < -0.3 is 15.0 Å². The van der Waals surface area contributed by atoms with Gasteiger partial charge in [0.15, 0.2) is 5.96 Å². The number of carbonyl (C=O) groups excluding carboxylic acids is 1. The van der Waals surface area contributed by atoms with E-state index in [1.165, 1.54) is 9.75 Å². The van der Waals surface area contributed by atoms with E-state index in [1.807, 2.05) is 20.9 Å². The molecule has 0 atom stereocenters. The van der Waals surface area contributed by atoms with Crippen LogP contribution in [0.1, 0.15) is 29.7 Å². The van der Waals surface area contributed by atoms with E-state index in [0.29, 0.717) is 6.61 Å². The number of aliphatic imine (C=N–C) groups is 1. The van der Waals surface area contributed by atoms with Gasteiger partial charge in [-0.15, -0.1) is 46.7 Å². The Bertz CT molecular complexity index is 813. The normalized spacial score (nSPS) is 15.1. The van der Waals surface area contributed by atoms with Crippen LogP contribution >= 0.6 is 46.7 Å². The van der Waals surface area contributed by atoms with Gasteiger partial charge in [-0.1, -0.05) is 0 Å². The highest BCUT2D eigenvalue weighted by Crippen LogP contribution is 2.29. The number of carbonyl (C=O) groups is 1. The molecule has 0 radical (unpaired) electrons. The summed E-state index contributed by atoms with van der Waals surface area (Å²) in [6, 6.07) is 4.34. The van der Waals surface area contributed by atoms with Crippen molar-refractivity contribution < 1.29 is 9.53 Å². The zero-order valence-electron chi connectivity index (χ0n) is 17.1. The summed E-state index contributed by atoms with van der Waals surface area (Å²) < 4.78 is 5.15. The number of aromatic nitrogens is 1. The van der Waals surface area contributed by atoms with Crippen LogP contribution < -0.4 is 5.32 Å². The van der Waals surface area contributed by atoms with Crippen molar-refractivity contribution in [1.29, 1.82) is 0 Å². The maximum absolute atomic E-state index is 11.9. The average molecular weight is 549 g/mol. The number of likely N-dealkylation sites (tertiary alicyclic amines) is 1. The number of piperidine rings is 1. The van der Waals surface area contributed by atoms with E-state index in [9.17, 15) is 4.79 Å². The van der Waals surface area contributed by atoms with Crippen LogP contribution in [0.3, 0.4) is 0 Å². The zero-order chi connectivity index (χ0) is 19.9. The molecular weight excluding hydrogens is 519 g/mol. The van der Waals surface area contributed by atoms with Crippen LogP contribution in [0, 0.1) is 12.8 Å². The van der Waals surface area contributed by atoms with Crippen molar-refractivity contribution in [3.8, 4) is 10.6 Å². The Morgan fingerprint density at radius 1 is 1.38 bits per heavy atom. The second-order valence-electron chi connectivity index (χ2n) is 6.76. The first-order chi connectivity index (χ1) is 13.6. The summed E-state index contributed by atoms with van der Waals surface area (Å²) >= 11 is 3.49. The van der Waals surface area contributed by atoms with E-state index in [0.717, 1.165) is 55.6 Å². The topological polar surface area (TPSA) is 66.8 Å². The molecule has 1 aliphatic heterocycles. The lowest BCUT2D eigenvalue weighted by atomic mass is 9.97. The van der Waals surface area contributed by atoms with E-state index >= 15 is 0 Å². The molecule has 2 aromatic heterocycles. The Morgan fingerprint density at radius 3 is 2.76 bits per heavy atom. The summed E-state index contributed by atoms with van der Waals surface area (Å²) in [7, 11) is 1.81. The predicted molar refractivity (Wildman–Crippen MR) is 132 cm³/mol. The van der Waals surface area contributed by atoms with E-state index in [1.54, 1.807) is 22.7 Å². The summed E-state index contributed by atoms with van der Waals surface area (Å²) in [5.74, 6) is 0.872. The molecule has 0 aromatic carbocycles. The number of hydrogen-bond acceptors (Lipinski definition) is 6. The smallest absolute Gasteiger partial charge is 0.309 e. The number of thiophene rings is 1. The van der Waals surface area contributed by atoms with Crippen molar-refractivity contribution in [1.82, 2.24) is 15.2 Å². The quantitative estimate of drug-likeness (QED) is 0.254. The molecule has 6 nitrogen and oxygen atoms in total. The van der Waals surface area contributed by atoms with Gasteiger partial charge in [-0.3, -0.25) is 9.79 Å². The Hall–Kier alpha value is -1.20. The van der Waals surface area contributed by atoms with Crippen LogP contribution in [0.15, 0.2) is 22.5 Å². The number of ether oxygens (including phenoxy) is 1. The van der Waals surface area contributed by atoms with Crippen molar-refractivity contribution in [2.75, 3.05) is 33.3 Å². The number of aryl methyl sites for hydroxylation is 1. The Labute approximate surface area is 197 Å². The second-order valence-corrected chi connectivity index (χ2v) is 8.99. The summed E-state index contributed by atoms with van der Waals surface area (Å²) in [4.78, 5) is 25.7. The van der Waals surface area contributed by atoms with E-state index < -0.39 is 0 Å². The van der Waals surface area contributed by atoms with Crippen molar-refractivity contribution in [3.05, 3.63) is 27.4 Å². The molecule has 0 saturated carbocycles.